The number of hydrogen-bond acceptors (Lipinski definition) is 2. The minimum Gasteiger partial charge on any atom is -0.508 e. The van der Waals surface area contributed by atoms with Crippen molar-refractivity contribution in [2.24, 2.45) is 0 Å². The number of hydrogen-bond donors (Lipinski definition) is 2. The molecule has 0 spiro atoms. The lowest BCUT2D eigenvalue weighted by molar-refractivity contribution is 0.442. The minimum atomic E-state index is 0.102. The van der Waals surface area contributed by atoms with Crippen LogP contribution in [0.25, 0.3) is 11.1 Å². The van der Waals surface area contributed by atoms with E-state index in [9.17, 15) is 10.2 Å². The van der Waals surface area contributed by atoms with E-state index in [1.807, 2.05) is 30.3 Å². The van der Waals surface area contributed by atoms with E-state index in [2.05, 4.69) is 12.2 Å². The lowest BCUT2D eigenvalue weighted by atomic mass is 9.84. The summed E-state index contributed by atoms with van der Waals surface area (Å²) >= 11 is 0. The molecule has 2 aromatic rings. The second kappa shape index (κ2) is 5.41. The van der Waals surface area contributed by atoms with E-state index in [-0.39, 0.29) is 17.4 Å². The molecular formula is C18H18O2. The summed E-state index contributed by atoms with van der Waals surface area (Å²) in [4.78, 5) is 0. The molecule has 0 radical (unpaired) electrons. The van der Waals surface area contributed by atoms with Crippen LogP contribution in [-0.4, -0.2) is 10.2 Å². The van der Waals surface area contributed by atoms with E-state index in [1.54, 1.807) is 6.07 Å². The van der Waals surface area contributed by atoms with Crippen LogP contribution >= 0.6 is 0 Å². The van der Waals surface area contributed by atoms with Crippen molar-refractivity contribution in [3.63, 3.8) is 0 Å². The Morgan fingerprint density at radius 1 is 1.00 bits per heavy atom. The van der Waals surface area contributed by atoms with Gasteiger partial charge in [-0.15, -0.1) is 0 Å². The second-order valence-electron chi connectivity index (χ2n) is 5.26. The molecule has 0 fully saturated rings. The molecule has 0 saturated carbocycles. The molecule has 2 heteroatoms. The third-order valence-electron chi connectivity index (χ3n) is 3.85. The highest BCUT2D eigenvalue weighted by molar-refractivity contribution is 5.73. The third kappa shape index (κ3) is 2.42. The molecular weight excluding hydrogens is 248 g/mol. The highest BCUT2D eigenvalue weighted by Crippen LogP contribution is 2.42. The Bertz CT molecular complexity index is 629. The van der Waals surface area contributed by atoms with Gasteiger partial charge >= 0.3 is 0 Å². The van der Waals surface area contributed by atoms with E-state index in [1.165, 1.54) is 6.07 Å². The van der Waals surface area contributed by atoms with E-state index >= 15 is 0 Å². The van der Waals surface area contributed by atoms with Crippen LogP contribution < -0.4 is 0 Å². The van der Waals surface area contributed by atoms with Gasteiger partial charge in [0.25, 0.3) is 0 Å². The molecule has 1 atom stereocenters. The van der Waals surface area contributed by atoms with Crippen molar-refractivity contribution in [2.45, 2.75) is 25.2 Å². The standard InChI is InChI=1S/C18H18O2/c19-15-11-16(13-7-3-1-4-8-13)18(17(20)12-15)14-9-5-2-6-10-14/h1,3-5,7-9,11-12,14,19-20H,2,6,10H2. The Hall–Kier alpha value is -2.22. The maximum atomic E-state index is 10.3. The number of benzene rings is 2. The summed E-state index contributed by atoms with van der Waals surface area (Å²) in [5, 5.41) is 20.1. The van der Waals surface area contributed by atoms with Gasteiger partial charge in [-0.25, -0.2) is 0 Å². The van der Waals surface area contributed by atoms with Crippen LogP contribution in [0.3, 0.4) is 0 Å². The molecule has 0 aliphatic heterocycles. The van der Waals surface area contributed by atoms with Crippen molar-refractivity contribution in [1.29, 1.82) is 0 Å². The highest BCUT2D eigenvalue weighted by Gasteiger charge is 2.20. The molecule has 1 unspecified atom stereocenters. The Morgan fingerprint density at radius 2 is 1.80 bits per heavy atom. The average Bonchev–Trinajstić information content (AvgIpc) is 2.48. The maximum absolute atomic E-state index is 10.3. The fourth-order valence-electron chi connectivity index (χ4n) is 2.92. The summed E-state index contributed by atoms with van der Waals surface area (Å²) in [6.07, 6.45) is 7.62. The molecule has 0 amide bonds. The average molecular weight is 266 g/mol. The third-order valence-corrected chi connectivity index (χ3v) is 3.85. The van der Waals surface area contributed by atoms with Crippen LogP contribution in [0.2, 0.25) is 0 Å². The highest BCUT2D eigenvalue weighted by atomic mass is 16.3. The largest absolute Gasteiger partial charge is 0.508 e. The lowest BCUT2D eigenvalue weighted by Crippen LogP contribution is -2.02. The molecule has 3 rings (SSSR count). The summed E-state index contributed by atoms with van der Waals surface area (Å²) < 4.78 is 0. The van der Waals surface area contributed by atoms with Crippen molar-refractivity contribution in [3.8, 4) is 22.6 Å². The smallest absolute Gasteiger partial charge is 0.123 e. The van der Waals surface area contributed by atoms with Gasteiger partial charge in [0.2, 0.25) is 0 Å². The van der Waals surface area contributed by atoms with Crippen LogP contribution in [-0.2, 0) is 0 Å². The zero-order chi connectivity index (χ0) is 13.9. The maximum Gasteiger partial charge on any atom is 0.123 e. The predicted molar refractivity (Wildman–Crippen MR) is 80.9 cm³/mol. The lowest BCUT2D eigenvalue weighted by Gasteiger charge is -2.21. The number of phenolic OH excluding ortho intramolecular Hbond substituents is 2. The van der Waals surface area contributed by atoms with E-state index < -0.39 is 0 Å². The SMILES string of the molecule is Oc1cc(O)c(C2C=CCCC2)c(-c2ccccc2)c1. The van der Waals surface area contributed by atoms with Crippen LogP contribution in [0, 0.1) is 0 Å². The van der Waals surface area contributed by atoms with E-state index in [4.69, 9.17) is 0 Å². The minimum absolute atomic E-state index is 0.102. The molecule has 1 aliphatic carbocycles. The second-order valence-corrected chi connectivity index (χ2v) is 5.26. The molecule has 0 bridgehead atoms. The van der Waals surface area contributed by atoms with Crippen molar-refractivity contribution < 1.29 is 10.2 Å². The zero-order valence-electron chi connectivity index (χ0n) is 11.3. The van der Waals surface area contributed by atoms with Gasteiger partial charge in [-0.1, -0.05) is 42.5 Å². The molecule has 0 saturated heterocycles. The summed E-state index contributed by atoms with van der Waals surface area (Å²) in [5.74, 6) is 0.504. The van der Waals surface area contributed by atoms with Crippen LogP contribution in [0.1, 0.15) is 30.7 Å². The molecule has 2 aromatic carbocycles. The van der Waals surface area contributed by atoms with Gasteiger partial charge < -0.3 is 10.2 Å². The molecule has 2 nitrogen and oxygen atoms in total. The first-order chi connectivity index (χ1) is 9.75. The Labute approximate surface area is 119 Å². The predicted octanol–water partition coefficient (Wildman–Crippen LogP) is 4.59. The molecule has 0 heterocycles. The summed E-state index contributed by atoms with van der Waals surface area (Å²) in [5.41, 5.74) is 2.86. The molecule has 2 N–H and O–H groups in total. The van der Waals surface area contributed by atoms with Crippen molar-refractivity contribution in [2.75, 3.05) is 0 Å². The van der Waals surface area contributed by atoms with Crippen molar-refractivity contribution in [3.05, 3.63) is 60.2 Å². The molecule has 102 valence electrons. The van der Waals surface area contributed by atoms with Gasteiger partial charge in [-0.2, -0.15) is 0 Å². The monoisotopic (exact) mass is 266 g/mol. The van der Waals surface area contributed by atoms with Crippen LogP contribution in [0.4, 0.5) is 0 Å². The van der Waals surface area contributed by atoms with Gasteiger partial charge in [0.1, 0.15) is 11.5 Å². The number of allylic oxidation sites excluding steroid dienone is 2. The first kappa shape index (κ1) is 12.8. The number of phenols is 2. The topological polar surface area (TPSA) is 40.5 Å². The first-order valence-electron chi connectivity index (χ1n) is 7.03. The van der Waals surface area contributed by atoms with Crippen molar-refractivity contribution in [1.82, 2.24) is 0 Å². The van der Waals surface area contributed by atoms with Gasteiger partial charge in [0, 0.05) is 17.5 Å². The van der Waals surface area contributed by atoms with Crippen LogP contribution in [0.5, 0.6) is 11.5 Å². The fourth-order valence-corrected chi connectivity index (χ4v) is 2.92. The molecule has 20 heavy (non-hydrogen) atoms. The number of aromatic hydroxyl groups is 2. The number of rotatable bonds is 2. The molecule has 0 aromatic heterocycles. The van der Waals surface area contributed by atoms with Gasteiger partial charge in [0.15, 0.2) is 0 Å². The van der Waals surface area contributed by atoms with Gasteiger partial charge in [0.05, 0.1) is 0 Å². The Kier molecular flexibility index (Phi) is 3.46. The van der Waals surface area contributed by atoms with Crippen LogP contribution in [0.15, 0.2) is 54.6 Å². The normalized spacial score (nSPS) is 18.1. The van der Waals surface area contributed by atoms with E-state index in [0.717, 1.165) is 36.0 Å². The van der Waals surface area contributed by atoms with Gasteiger partial charge in [-0.3, -0.25) is 0 Å². The summed E-state index contributed by atoms with van der Waals surface area (Å²) in [7, 11) is 0. The van der Waals surface area contributed by atoms with Gasteiger partial charge in [-0.05, 0) is 36.5 Å². The molecule has 1 aliphatic rings. The zero-order valence-corrected chi connectivity index (χ0v) is 11.3. The van der Waals surface area contributed by atoms with Crippen molar-refractivity contribution >= 4 is 0 Å². The summed E-state index contributed by atoms with van der Waals surface area (Å²) in [6, 6.07) is 13.1. The fraction of sp³-hybridized carbons (Fsp3) is 0.222. The Balaban J connectivity index is 2.17. The first-order valence-corrected chi connectivity index (χ1v) is 7.03. The Morgan fingerprint density at radius 3 is 2.50 bits per heavy atom. The van der Waals surface area contributed by atoms with E-state index in [0.29, 0.717) is 0 Å². The quantitative estimate of drug-likeness (QED) is 0.780. The summed E-state index contributed by atoms with van der Waals surface area (Å²) in [6.45, 7) is 0.